The van der Waals surface area contributed by atoms with Crippen LogP contribution in [0.2, 0.25) is 0 Å². The number of carbonyl (C=O) groups excluding carboxylic acids is 1. The number of amides is 1. The Morgan fingerprint density at radius 2 is 2.07 bits per heavy atom. The summed E-state index contributed by atoms with van der Waals surface area (Å²) < 4.78 is 0. The molecule has 7 heteroatoms. The van der Waals surface area contributed by atoms with Crippen molar-refractivity contribution in [2.24, 2.45) is 5.92 Å². The first-order valence-corrected chi connectivity index (χ1v) is 10.4. The Kier molecular flexibility index (Phi) is 6.95. The van der Waals surface area contributed by atoms with Crippen LogP contribution in [0.15, 0.2) is 47.9 Å². The summed E-state index contributed by atoms with van der Waals surface area (Å²) >= 11 is 1.71. The van der Waals surface area contributed by atoms with Crippen molar-refractivity contribution in [3.63, 3.8) is 0 Å². The highest BCUT2D eigenvalue weighted by molar-refractivity contribution is 7.10. The van der Waals surface area contributed by atoms with Crippen molar-refractivity contribution in [3.8, 4) is 0 Å². The van der Waals surface area contributed by atoms with Crippen molar-refractivity contribution in [2.75, 3.05) is 19.6 Å². The number of thiophene rings is 1. The summed E-state index contributed by atoms with van der Waals surface area (Å²) in [5, 5.41) is 16.1. The molecule has 0 saturated carbocycles. The summed E-state index contributed by atoms with van der Waals surface area (Å²) in [4.78, 5) is 26.6. The molecule has 1 N–H and O–H groups in total. The monoisotopic (exact) mass is 399 g/mol. The van der Waals surface area contributed by atoms with Gasteiger partial charge in [-0.2, -0.15) is 0 Å². The van der Waals surface area contributed by atoms with E-state index in [1.54, 1.807) is 29.5 Å². The predicted octanol–water partition coefficient (Wildman–Crippen LogP) is 4.26. The van der Waals surface area contributed by atoms with Gasteiger partial charge in [0.05, 0.1) is 16.5 Å². The first kappa shape index (κ1) is 20.2. The Hall–Kier alpha value is -2.51. The maximum atomic E-state index is 12.3. The van der Waals surface area contributed by atoms with Crippen LogP contribution in [-0.4, -0.2) is 35.4 Å². The van der Waals surface area contributed by atoms with E-state index < -0.39 is 4.92 Å². The van der Waals surface area contributed by atoms with E-state index in [1.807, 2.05) is 6.07 Å². The quantitative estimate of drug-likeness (QED) is 0.429. The van der Waals surface area contributed by atoms with Crippen molar-refractivity contribution in [1.82, 2.24) is 10.2 Å². The maximum absolute atomic E-state index is 12.3. The Bertz CT molecular complexity index is 827. The molecule has 0 radical (unpaired) electrons. The van der Waals surface area contributed by atoms with Gasteiger partial charge in [0.25, 0.3) is 5.69 Å². The van der Waals surface area contributed by atoms with Crippen LogP contribution in [-0.2, 0) is 4.79 Å². The molecule has 2 aromatic rings. The molecule has 6 nitrogen and oxygen atoms in total. The van der Waals surface area contributed by atoms with Crippen molar-refractivity contribution in [1.29, 1.82) is 0 Å². The topological polar surface area (TPSA) is 75.5 Å². The highest BCUT2D eigenvalue weighted by Crippen LogP contribution is 2.29. The Morgan fingerprint density at radius 1 is 1.32 bits per heavy atom. The summed E-state index contributed by atoms with van der Waals surface area (Å²) in [6.45, 7) is 4.87. The van der Waals surface area contributed by atoms with Crippen LogP contribution in [0.4, 0.5) is 5.69 Å². The number of piperidine rings is 1. The molecule has 1 amide bonds. The largest absolute Gasteiger partial charge is 0.351 e. The highest BCUT2D eigenvalue weighted by Gasteiger charge is 2.25. The highest BCUT2D eigenvalue weighted by atomic mass is 32.1. The van der Waals surface area contributed by atoms with Crippen LogP contribution in [0.3, 0.4) is 0 Å². The second-order valence-corrected chi connectivity index (χ2v) is 8.12. The fourth-order valence-electron chi connectivity index (χ4n) is 3.45. The van der Waals surface area contributed by atoms with Crippen LogP contribution in [0.25, 0.3) is 6.08 Å². The minimum absolute atomic E-state index is 0.00884. The average Bonchev–Trinajstić information content (AvgIpc) is 3.22. The lowest BCUT2D eigenvalue weighted by atomic mass is 9.97. The first-order chi connectivity index (χ1) is 13.5. The molecular formula is C21H25N3O3S. The van der Waals surface area contributed by atoms with Gasteiger partial charge in [0.15, 0.2) is 0 Å². The molecular weight excluding hydrogens is 374 g/mol. The van der Waals surface area contributed by atoms with Gasteiger partial charge in [-0.15, -0.1) is 11.3 Å². The lowest BCUT2D eigenvalue weighted by molar-refractivity contribution is -0.385. The van der Waals surface area contributed by atoms with Gasteiger partial charge in [0.2, 0.25) is 5.91 Å². The van der Waals surface area contributed by atoms with E-state index in [0.717, 1.165) is 19.0 Å². The number of nitro groups is 1. The second kappa shape index (κ2) is 9.61. The number of hydrogen-bond acceptors (Lipinski definition) is 5. The summed E-state index contributed by atoms with van der Waals surface area (Å²) in [6.07, 6.45) is 5.21. The number of carbonyl (C=O) groups is 1. The van der Waals surface area contributed by atoms with Crippen LogP contribution in [0.1, 0.15) is 36.2 Å². The zero-order chi connectivity index (χ0) is 19.9. The Labute approximate surface area is 169 Å². The Morgan fingerprint density at radius 3 is 2.75 bits per heavy atom. The van der Waals surface area contributed by atoms with Gasteiger partial charge in [-0.25, -0.2) is 0 Å². The molecule has 28 heavy (non-hydrogen) atoms. The van der Waals surface area contributed by atoms with E-state index in [0.29, 0.717) is 12.1 Å². The second-order valence-electron chi connectivity index (χ2n) is 7.14. The zero-order valence-corrected chi connectivity index (χ0v) is 16.7. The minimum Gasteiger partial charge on any atom is -0.351 e. The van der Waals surface area contributed by atoms with Gasteiger partial charge in [-0.1, -0.05) is 25.1 Å². The molecule has 1 aromatic carbocycles. The number of rotatable bonds is 7. The minimum atomic E-state index is -0.443. The number of hydrogen-bond donors (Lipinski definition) is 1. The molecule has 0 bridgehead atoms. The molecule has 1 aliphatic rings. The van der Waals surface area contributed by atoms with Gasteiger partial charge in [-0.3, -0.25) is 19.8 Å². The fraction of sp³-hybridized carbons (Fsp3) is 0.381. The molecule has 1 atom stereocenters. The van der Waals surface area contributed by atoms with E-state index >= 15 is 0 Å². The van der Waals surface area contributed by atoms with Gasteiger partial charge in [0, 0.05) is 23.6 Å². The predicted molar refractivity (Wildman–Crippen MR) is 112 cm³/mol. The van der Waals surface area contributed by atoms with Crippen molar-refractivity contribution < 1.29 is 9.72 Å². The van der Waals surface area contributed by atoms with Crippen molar-refractivity contribution >= 4 is 29.0 Å². The number of likely N-dealkylation sites (tertiary alicyclic amines) is 1. The van der Waals surface area contributed by atoms with Crippen LogP contribution in [0.5, 0.6) is 0 Å². The molecule has 0 aliphatic carbocycles. The molecule has 3 rings (SSSR count). The van der Waals surface area contributed by atoms with Gasteiger partial charge in [0.1, 0.15) is 0 Å². The van der Waals surface area contributed by atoms with Crippen molar-refractivity contribution in [3.05, 3.63) is 68.4 Å². The van der Waals surface area contributed by atoms with E-state index in [4.69, 9.17) is 0 Å². The molecule has 1 unspecified atom stereocenters. The van der Waals surface area contributed by atoms with Crippen molar-refractivity contribution in [2.45, 2.75) is 25.8 Å². The summed E-state index contributed by atoms with van der Waals surface area (Å²) in [5.41, 5.74) is 0.410. The van der Waals surface area contributed by atoms with E-state index in [2.05, 4.69) is 28.6 Å². The third-order valence-electron chi connectivity index (χ3n) is 5.15. The summed E-state index contributed by atoms with van der Waals surface area (Å²) in [6, 6.07) is 10.7. The maximum Gasteiger partial charge on any atom is 0.276 e. The summed E-state index contributed by atoms with van der Waals surface area (Å²) in [7, 11) is 0. The van der Waals surface area contributed by atoms with Crippen LogP contribution >= 0.6 is 11.3 Å². The van der Waals surface area contributed by atoms with Crippen LogP contribution in [0, 0.1) is 16.0 Å². The van der Waals surface area contributed by atoms with Gasteiger partial charge >= 0.3 is 0 Å². The van der Waals surface area contributed by atoms with Gasteiger partial charge in [-0.05, 0) is 55.4 Å². The third kappa shape index (κ3) is 5.27. The van der Waals surface area contributed by atoms with Crippen LogP contribution < -0.4 is 5.32 Å². The molecule has 148 valence electrons. The normalized spacial score (nSPS) is 16.9. The number of nitro benzene ring substituents is 1. The Balaban J connectivity index is 1.63. The third-order valence-corrected chi connectivity index (χ3v) is 6.12. The SMILES string of the molecule is CC1CCN(C(CNC(=O)C=Cc2ccccc2[N+](=O)[O-])c2cccs2)CC1. The molecule has 1 aliphatic heterocycles. The van der Waals surface area contributed by atoms with E-state index in [9.17, 15) is 14.9 Å². The number of nitrogens with one attached hydrogen (secondary N) is 1. The summed E-state index contributed by atoms with van der Waals surface area (Å²) in [5.74, 6) is 0.504. The number of nitrogens with zero attached hydrogens (tertiary/aromatic N) is 2. The molecule has 0 spiro atoms. The lowest BCUT2D eigenvalue weighted by Crippen LogP contribution is -2.41. The standard InChI is InChI=1S/C21H25N3O3S/c1-16-10-12-23(13-11-16)19(20-7-4-14-28-20)15-22-21(25)9-8-17-5-2-3-6-18(17)24(26)27/h2-9,14,16,19H,10-13,15H2,1H3,(H,22,25). The zero-order valence-electron chi connectivity index (χ0n) is 15.9. The van der Waals surface area contributed by atoms with E-state index in [1.165, 1.54) is 35.9 Å². The van der Waals surface area contributed by atoms with Gasteiger partial charge < -0.3 is 5.32 Å². The average molecular weight is 400 g/mol. The molecule has 1 fully saturated rings. The fourth-order valence-corrected chi connectivity index (χ4v) is 4.31. The molecule has 2 heterocycles. The molecule has 1 saturated heterocycles. The molecule has 1 aromatic heterocycles. The number of para-hydroxylation sites is 1. The number of benzene rings is 1. The smallest absolute Gasteiger partial charge is 0.276 e. The first-order valence-electron chi connectivity index (χ1n) is 9.51. The van der Waals surface area contributed by atoms with E-state index in [-0.39, 0.29) is 17.6 Å². The lowest BCUT2D eigenvalue weighted by Gasteiger charge is -2.36.